The number of nitrogens with zero attached hydrogens (tertiary/aromatic N) is 2. The molecule has 0 saturated carbocycles. The smallest absolute Gasteiger partial charge is 0.410 e. The maximum atomic E-state index is 12.2. The van der Waals surface area contributed by atoms with Crippen LogP contribution in [0.15, 0.2) is 12.1 Å². The van der Waals surface area contributed by atoms with Gasteiger partial charge in [-0.15, -0.1) is 0 Å². The van der Waals surface area contributed by atoms with Crippen molar-refractivity contribution in [1.29, 1.82) is 0 Å². The molecule has 1 aromatic heterocycles. The fourth-order valence-corrected chi connectivity index (χ4v) is 3.06. The van der Waals surface area contributed by atoms with Gasteiger partial charge in [0, 0.05) is 24.8 Å². The third-order valence-electron chi connectivity index (χ3n) is 4.04. The SMILES string of the molecule is COc1cc(C[C@@]2(C)CCN(C(=O)OC(C)(C)C)C2)cc(C)n1. The number of ether oxygens (including phenoxy) is 2. The second-order valence-corrected chi connectivity index (χ2v) is 7.80. The minimum Gasteiger partial charge on any atom is -0.481 e. The largest absolute Gasteiger partial charge is 0.481 e. The Morgan fingerprint density at radius 3 is 2.70 bits per heavy atom. The van der Waals surface area contributed by atoms with Crippen molar-refractivity contribution in [2.75, 3.05) is 20.2 Å². The minimum atomic E-state index is -0.453. The predicted octanol–water partition coefficient (Wildman–Crippen LogP) is 3.59. The minimum absolute atomic E-state index is 0.0513. The van der Waals surface area contributed by atoms with E-state index in [4.69, 9.17) is 9.47 Å². The first-order chi connectivity index (χ1) is 10.6. The van der Waals surface area contributed by atoms with Gasteiger partial charge in [0.2, 0.25) is 5.88 Å². The van der Waals surface area contributed by atoms with Crippen molar-refractivity contribution in [3.63, 3.8) is 0 Å². The summed E-state index contributed by atoms with van der Waals surface area (Å²) < 4.78 is 10.7. The Morgan fingerprint density at radius 1 is 1.39 bits per heavy atom. The molecule has 1 fully saturated rings. The molecule has 0 spiro atoms. The Balaban J connectivity index is 2.04. The van der Waals surface area contributed by atoms with Crippen LogP contribution in [-0.2, 0) is 11.2 Å². The lowest BCUT2D eigenvalue weighted by Gasteiger charge is -2.27. The van der Waals surface area contributed by atoms with Gasteiger partial charge in [0.15, 0.2) is 0 Å². The van der Waals surface area contributed by atoms with E-state index in [1.807, 2.05) is 38.7 Å². The maximum absolute atomic E-state index is 12.2. The molecular weight excluding hydrogens is 292 g/mol. The van der Waals surface area contributed by atoms with E-state index in [0.29, 0.717) is 12.4 Å². The standard InChI is InChI=1S/C18H28N2O3/c1-13-9-14(10-15(19-13)22-6)11-18(5)7-8-20(12-18)16(21)23-17(2,3)4/h9-10H,7-8,11-12H2,1-6H3/t18-/m1/s1. The second-order valence-electron chi connectivity index (χ2n) is 7.80. The summed E-state index contributed by atoms with van der Waals surface area (Å²) in [4.78, 5) is 18.4. The van der Waals surface area contributed by atoms with Gasteiger partial charge >= 0.3 is 6.09 Å². The summed E-state index contributed by atoms with van der Waals surface area (Å²) >= 11 is 0. The number of hydrogen-bond acceptors (Lipinski definition) is 4. The molecule has 0 aliphatic carbocycles. The van der Waals surface area contributed by atoms with E-state index < -0.39 is 5.60 Å². The quantitative estimate of drug-likeness (QED) is 0.854. The molecule has 1 amide bonds. The number of rotatable bonds is 3. The van der Waals surface area contributed by atoms with E-state index in [0.717, 1.165) is 25.1 Å². The van der Waals surface area contributed by atoms with Crippen molar-refractivity contribution in [3.05, 3.63) is 23.4 Å². The first-order valence-electron chi connectivity index (χ1n) is 8.10. The molecule has 1 atom stereocenters. The van der Waals surface area contributed by atoms with Crippen LogP contribution in [-0.4, -0.2) is 41.8 Å². The van der Waals surface area contributed by atoms with E-state index in [2.05, 4.69) is 18.0 Å². The van der Waals surface area contributed by atoms with Gasteiger partial charge in [-0.25, -0.2) is 9.78 Å². The van der Waals surface area contributed by atoms with Gasteiger partial charge in [0.25, 0.3) is 0 Å². The van der Waals surface area contributed by atoms with Crippen LogP contribution in [0.25, 0.3) is 0 Å². The van der Waals surface area contributed by atoms with Crippen molar-refractivity contribution in [2.24, 2.45) is 5.41 Å². The van der Waals surface area contributed by atoms with Crippen LogP contribution in [0, 0.1) is 12.3 Å². The number of amides is 1. The molecule has 0 aromatic carbocycles. The van der Waals surface area contributed by atoms with Gasteiger partial charge in [-0.05, 0) is 57.6 Å². The summed E-state index contributed by atoms with van der Waals surface area (Å²) in [6, 6.07) is 4.07. The van der Waals surface area contributed by atoms with Gasteiger partial charge < -0.3 is 14.4 Å². The highest BCUT2D eigenvalue weighted by Gasteiger charge is 2.37. The first kappa shape index (κ1) is 17.6. The summed E-state index contributed by atoms with van der Waals surface area (Å²) in [5.41, 5.74) is 1.74. The van der Waals surface area contributed by atoms with Gasteiger partial charge in [0.05, 0.1) is 7.11 Å². The molecule has 1 aromatic rings. The highest BCUT2D eigenvalue weighted by Crippen LogP contribution is 2.35. The highest BCUT2D eigenvalue weighted by atomic mass is 16.6. The van der Waals surface area contributed by atoms with Crippen LogP contribution in [0.4, 0.5) is 4.79 Å². The van der Waals surface area contributed by atoms with Crippen molar-refractivity contribution in [3.8, 4) is 5.88 Å². The Hall–Kier alpha value is -1.78. The molecule has 0 bridgehead atoms. The fraction of sp³-hybridized carbons (Fsp3) is 0.667. The number of aromatic nitrogens is 1. The Kier molecular flexibility index (Phi) is 4.87. The van der Waals surface area contributed by atoms with Gasteiger partial charge in [0.1, 0.15) is 5.60 Å². The number of carbonyl (C=O) groups is 1. The average Bonchev–Trinajstić information content (AvgIpc) is 2.78. The molecule has 1 aliphatic rings. The molecule has 5 nitrogen and oxygen atoms in total. The number of aryl methyl sites for hydroxylation is 1. The zero-order valence-corrected chi connectivity index (χ0v) is 15.1. The van der Waals surface area contributed by atoms with Crippen LogP contribution in [0.5, 0.6) is 5.88 Å². The monoisotopic (exact) mass is 320 g/mol. The van der Waals surface area contributed by atoms with Crippen LogP contribution in [0.3, 0.4) is 0 Å². The lowest BCUT2D eigenvalue weighted by molar-refractivity contribution is 0.0275. The zero-order chi connectivity index (χ0) is 17.3. The summed E-state index contributed by atoms with van der Waals surface area (Å²) in [5, 5.41) is 0. The molecule has 2 heterocycles. The highest BCUT2D eigenvalue weighted by molar-refractivity contribution is 5.68. The van der Waals surface area contributed by atoms with Crippen molar-refractivity contribution in [1.82, 2.24) is 9.88 Å². The Labute approximate surface area is 139 Å². The van der Waals surface area contributed by atoms with Crippen LogP contribution in [0.1, 0.15) is 45.4 Å². The third-order valence-corrected chi connectivity index (χ3v) is 4.04. The maximum Gasteiger partial charge on any atom is 0.410 e. The van der Waals surface area contributed by atoms with E-state index >= 15 is 0 Å². The van der Waals surface area contributed by atoms with Crippen molar-refractivity contribution in [2.45, 2.75) is 53.1 Å². The summed E-state index contributed by atoms with van der Waals surface area (Å²) in [5.74, 6) is 0.644. The van der Waals surface area contributed by atoms with Gasteiger partial charge in [-0.1, -0.05) is 6.92 Å². The molecule has 0 unspecified atom stereocenters. The van der Waals surface area contributed by atoms with E-state index in [9.17, 15) is 4.79 Å². The summed E-state index contributed by atoms with van der Waals surface area (Å²) in [6.07, 6.45) is 1.65. The molecular formula is C18H28N2O3. The molecule has 2 rings (SSSR count). The molecule has 23 heavy (non-hydrogen) atoms. The first-order valence-corrected chi connectivity index (χ1v) is 8.10. The fourth-order valence-electron chi connectivity index (χ4n) is 3.06. The van der Waals surface area contributed by atoms with Crippen LogP contribution >= 0.6 is 0 Å². The topological polar surface area (TPSA) is 51.7 Å². The van der Waals surface area contributed by atoms with E-state index in [1.165, 1.54) is 5.56 Å². The van der Waals surface area contributed by atoms with Crippen LogP contribution in [0.2, 0.25) is 0 Å². The number of carbonyl (C=O) groups excluding carboxylic acids is 1. The van der Waals surface area contributed by atoms with E-state index in [-0.39, 0.29) is 11.5 Å². The third kappa shape index (κ3) is 4.85. The molecule has 0 radical (unpaired) electrons. The second kappa shape index (κ2) is 6.38. The van der Waals surface area contributed by atoms with Gasteiger partial charge in [-0.2, -0.15) is 0 Å². The summed E-state index contributed by atoms with van der Waals surface area (Å²) in [6.45, 7) is 11.3. The molecule has 1 saturated heterocycles. The van der Waals surface area contributed by atoms with E-state index in [1.54, 1.807) is 7.11 Å². The normalized spacial score (nSPS) is 21.4. The van der Waals surface area contributed by atoms with Gasteiger partial charge in [-0.3, -0.25) is 0 Å². The predicted molar refractivity (Wildman–Crippen MR) is 89.8 cm³/mol. The Morgan fingerprint density at radius 2 is 2.09 bits per heavy atom. The molecule has 5 heteroatoms. The molecule has 128 valence electrons. The lowest BCUT2D eigenvalue weighted by Crippen LogP contribution is -2.36. The van der Waals surface area contributed by atoms with Crippen molar-refractivity contribution < 1.29 is 14.3 Å². The van der Waals surface area contributed by atoms with Crippen LogP contribution < -0.4 is 4.74 Å². The molecule has 1 aliphatic heterocycles. The summed E-state index contributed by atoms with van der Waals surface area (Å²) in [7, 11) is 1.63. The number of methoxy groups -OCH3 is 1. The number of pyridine rings is 1. The lowest BCUT2D eigenvalue weighted by atomic mass is 9.83. The number of hydrogen-bond donors (Lipinski definition) is 0. The average molecular weight is 320 g/mol. The molecule has 0 N–H and O–H groups in total. The zero-order valence-electron chi connectivity index (χ0n) is 15.1. The number of likely N-dealkylation sites (tertiary alicyclic amines) is 1. The Bertz CT molecular complexity index is 580. The van der Waals surface area contributed by atoms with Crippen molar-refractivity contribution >= 4 is 6.09 Å².